The number of carbonyl (C=O) groups is 4. The van der Waals surface area contributed by atoms with Crippen molar-refractivity contribution >= 4 is 23.8 Å². The molecule has 1 radical (unpaired) electrons. The second-order valence-corrected chi connectivity index (χ2v) is 4.88. The summed E-state index contributed by atoms with van der Waals surface area (Å²) in [5, 5.41) is 21.1. The van der Waals surface area contributed by atoms with Crippen molar-refractivity contribution in [3.8, 4) is 0 Å². The van der Waals surface area contributed by atoms with Crippen LogP contribution in [0.3, 0.4) is 0 Å². The van der Waals surface area contributed by atoms with Crippen LogP contribution < -0.4 is 10.6 Å². The first-order chi connectivity index (χ1) is 12.4. The number of nitrogens with one attached hydrogen (secondary N) is 2. The molecule has 0 spiro atoms. The van der Waals surface area contributed by atoms with Gasteiger partial charge < -0.3 is 20.8 Å². The standard InChI is InChI=1S/2C9H9NO3.Co/c2*11-8(12)6-10-9(13)7-4-2-1-3-5-7;/h2*1-5H,6H2,(H,10,13)(H,11,12);. The molecule has 0 saturated heterocycles. The van der Waals surface area contributed by atoms with Crippen LogP contribution in [0.4, 0.5) is 0 Å². The van der Waals surface area contributed by atoms with Gasteiger partial charge in [0.1, 0.15) is 13.1 Å². The van der Waals surface area contributed by atoms with Crippen molar-refractivity contribution in [3.63, 3.8) is 0 Å². The van der Waals surface area contributed by atoms with E-state index in [1.807, 2.05) is 0 Å². The average Bonchev–Trinajstić information content (AvgIpc) is 2.66. The predicted octanol–water partition coefficient (Wildman–Crippen LogP) is 0.999. The van der Waals surface area contributed by atoms with Gasteiger partial charge in [0, 0.05) is 27.9 Å². The quantitative estimate of drug-likeness (QED) is 0.554. The third-order valence-electron chi connectivity index (χ3n) is 2.87. The monoisotopic (exact) mass is 417 g/mol. The van der Waals surface area contributed by atoms with E-state index in [0.29, 0.717) is 11.1 Å². The van der Waals surface area contributed by atoms with Gasteiger partial charge in [0.2, 0.25) is 0 Å². The Morgan fingerprint density at radius 1 is 0.630 bits per heavy atom. The van der Waals surface area contributed by atoms with Crippen LogP contribution in [0.15, 0.2) is 60.7 Å². The van der Waals surface area contributed by atoms with E-state index in [-0.39, 0.29) is 41.7 Å². The van der Waals surface area contributed by atoms with Gasteiger partial charge in [-0.2, -0.15) is 0 Å². The van der Waals surface area contributed by atoms with E-state index >= 15 is 0 Å². The summed E-state index contributed by atoms with van der Waals surface area (Å²) in [4.78, 5) is 42.6. The molecular weight excluding hydrogens is 399 g/mol. The van der Waals surface area contributed by atoms with Crippen molar-refractivity contribution in [3.05, 3.63) is 71.8 Å². The van der Waals surface area contributed by atoms with E-state index < -0.39 is 11.9 Å². The van der Waals surface area contributed by atoms with Gasteiger partial charge in [0.05, 0.1) is 0 Å². The van der Waals surface area contributed by atoms with Gasteiger partial charge in [-0.25, -0.2) is 0 Å². The van der Waals surface area contributed by atoms with Crippen LogP contribution in [-0.2, 0) is 26.4 Å². The number of carbonyl (C=O) groups excluding carboxylic acids is 2. The normalized spacial score (nSPS) is 8.89. The Kier molecular flexibility index (Phi) is 11.5. The smallest absolute Gasteiger partial charge is 0.322 e. The zero-order valence-electron chi connectivity index (χ0n) is 14.0. The maximum Gasteiger partial charge on any atom is 0.322 e. The second kappa shape index (κ2) is 13.1. The topological polar surface area (TPSA) is 133 Å². The summed E-state index contributed by atoms with van der Waals surface area (Å²) in [6, 6.07) is 16.9. The third-order valence-corrected chi connectivity index (χ3v) is 2.87. The zero-order valence-corrected chi connectivity index (χ0v) is 15.1. The van der Waals surface area contributed by atoms with E-state index in [4.69, 9.17) is 10.2 Å². The van der Waals surface area contributed by atoms with Crippen LogP contribution in [0.2, 0.25) is 0 Å². The molecule has 2 rings (SSSR count). The Morgan fingerprint density at radius 3 is 1.19 bits per heavy atom. The van der Waals surface area contributed by atoms with Crippen molar-refractivity contribution in [2.24, 2.45) is 0 Å². The Balaban J connectivity index is 0.000000483. The Hall–Kier alpha value is -3.17. The minimum Gasteiger partial charge on any atom is -0.480 e. The first-order valence-electron chi connectivity index (χ1n) is 7.50. The number of hydrogen-bond donors (Lipinski definition) is 4. The molecule has 145 valence electrons. The number of aliphatic carboxylic acids is 2. The number of benzene rings is 2. The van der Waals surface area contributed by atoms with E-state index in [0.717, 1.165) is 0 Å². The Bertz CT molecular complexity index is 687. The fourth-order valence-corrected chi connectivity index (χ4v) is 1.69. The number of hydrogen-bond acceptors (Lipinski definition) is 4. The summed E-state index contributed by atoms with van der Waals surface area (Å²) in [5.41, 5.74) is 0.924. The molecule has 0 bridgehead atoms. The van der Waals surface area contributed by atoms with Gasteiger partial charge >= 0.3 is 11.9 Å². The van der Waals surface area contributed by atoms with Crippen molar-refractivity contribution in [1.29, 1.82) is 0 Å². The molecule has 2 aromatic carbocycles. The molecule has 0 unspecified atom stereocenters. The van der Waals surface area contributed by atoms with Crippen LogP contribution in [0.25, 0.3) is 0 Å². The van der Waals surface area contributed by atoms with Crippen LogP contribution in [0.5, 0.6) is 0 Å². The SMILES string of the molecule is O=C(O)CNC(=O)c1ccccc1.O=C(O)CNC(=O)c1ccccc1.[Co]. The molecule has 0 aliphatic rings. The zero-order chi connectivity index (χ0) is 19.4. The second-order valence-electron chi connectivity index (χ2n) is 4.88. The van der Waals surface area contributed by atoms with Crippen molar-refractivity contribution in [1.82, 2.24) is 10.6 Å². The molecule has 0 aliphatic carbocycles. The summed E-state index contributed by atoms with van der Waals surface area (Å²) in [7, 11) is 0. The van der Waals surface area contributed by atoms with Gasteiger partial charge in [0.25, 0.3) is 11.8 Å². The molecular formula is C18H18CoN2O6. The van der Waals surface area contributed by atoms with Crippen LogP contribution in [0.1, 0.15) is 20.7 Å². The molecule has 0 aromatic heterocycles. The van der Waals surface area contributed by atoms with Crippen molar-refractivity contribution in [2.45, 2.75) is 0 Å². The summed E-state index contributed by atoms with van der Waals surface area (Å²) >= 11 is 0. The molecule has 0 fully saturated rings. The fourth-order valence-electron chi connectivity index (χ4n) is 1.69. The molecule has 2 aromatic rings. The van der Waals surface area contributed by atoms with Crippen LogP contribution >= 0.6 is 0 Å². The number of carboxylic acid groups (broad SMARTS) is 2. The first-order valence-corrected chi connectivity index (χ1v) is 7.50. The average molecular weight is 417 g/mol. The van der Waals surface area contributed by atoms with Gasteiger partial charge in [-0.05, 0) is 24.3 Å². The van der Waals surface area contributed by atoms with Crippen molar-refractivity contribution in [2.75, 3.05) is 13.1 Å². The van der Waals surface area contributed by atoms with Gasteiger partial charge in [-0.15, -0.1) is 0 Å². The summed E-state index contributed by atoms with van der Waals surface area (Å²) < 4.78 is 0. The van der Waals surface area contributed by atoms with E-state index in [1.54, 1.807) is 60.7 Å². The van der Waals surface area contributed by atoms with E-state index in [2.05, 4.69) is 10.6 Å². The van der Waals surface area contributed by atoms with Crippen LogP contribution in [-0.4, -0.2) is 47.1 Å². The van der Waals surface area contributed by atoms with E-state index in [9.17, 15) is 19.2 Å². The minimum atomic E-state index is -1.05. The molecule has 2 amide bonds. The number of carboxylic acids is 2. The van der Waals surface area contributed by atoms with Crippen LogP contribution in [0, 0.1) is 0 Å². The fraction of sp³-hybridized carbons (Fsp3) is 0.111. The summed E-state index contributed by atoms with van der Waals surface area (Å²) in [6.45, 7) is -0.707. The van der Waals surface area contributed by atoms with Crippen molar-refractivity contribution < 1.29 is 46.2 Å². The largest absolute Gasteiger partial charge is 0.480 e. The van der Waals surface area contributed by atoms with E-state index in [1.165, 1.54) is 0 Å². The molecule has 0 heterocycles. The third kappa shape index (κ3) is 10.4. The molecule has 9 heteroatoms. The van der Waals surface area contributed by atoms with Gasteiger partial charge in [0.15, 0.2) is 0 Å². The molecule has 0 aliphatic heterocycles. The molecule has 4 N–H and O–H groups in total. The summed E-state index contributed by atoms with van der Waals surface area (Å²) in [6.07, 6.45) is 0. The minimum absolute atomic E-state index is 0. The number of amides is 2. The first kappa shape index (κ1) is 23.8. The molecule has 27 heavy (non-hydrogen) atoms. The predicted molar refractivity (Wildman–Crippen MR) is 92.8 cm³/mol. The van der Waals surface area contributed by atoms with Gasteiger partial charge in [-0.1, -0.05) is 36.4 Å². The molecule has 0 atom stereocenters. The maximum absolute atomic E-state index is 11.2. The molecule has 8 nitrogen and oxygen atoms in total. The summed E-state index contributed by atoms with van der Waals surface area (Å²) in [5.74, 6) is -2.85. The Morgan fingerprint density at radius 2 is 0.926 bits per heavy atom. The van der Waals surface area contributed by atoms with Gasteiger partial charge in [-0.3, -0.25) is 19.2 Å². The Labute approximate surface area is 165 Å². The number of rotatable bonds is 6. The molecule has 0 saturated carbocycles. The maximum atomic E-state index is 11.2.